The molecule has 2 aromatic rings. The maximum atomic E-state index is 11.0. The van der Waals surface area contributed by atoms with Crippen molar-refractivity contribution in [3.8, 4) is 11.4 Å². The number of aromatic nitrogens is 3. The molecule has 0 bridgehead atoms. The normalized spacial score (nSPS) is 23.7. The van der Waals surface area contributed by atoms with Crippen molar-refractivity contribution in [3.05, 3.63) is 53.1 Å². The minimum absolute atomic E-state index is 0.343. The number of nitrogens with one attached hydrogen (secondary N) is 2. The van der Waals surface area contributed by atoms with E-state index in [9.17, 15) is 4.79 Å². The summed E-state index contributed by atoms with van der Waals surface area (Å²) in [4.78, 5) is 18.1. The molecule has 3 aliphatic rings. The van der Waals surface area contributed by atoms with Gasteiger partial charge in [-0.2, -0.15) is 5.10 Å². The lowest BCUT2D eigenvalue weighted by Gasteiger charge is -2.41. The summed E-state index contributed by atoms with van der Waals surface area (Å²) in [7, 11) is 0. The molecule has 34 heavy (non-hydrogen) atoms. The van der Waals surface area contributed by atoms with Crippen molar-refractivity contribution in [1.29, 1.82) is 0 Å². The predicted octanol–water partition coefficient (Wildman–Crippen LogP) is 4.95. The van der Waals surface area contributed by atoms with Gasteiger partial charge in [-0.1, -0.05) is 23.7 Å². The Morgan fingerprint density at radius 2 is 1.79 bits per heavy atom. The number of hydrogen-bond acceptors (Lipinski definition) is 5. The van der Waals surface area contributed by atoms with E-state index >= 15 is 0 Å². The van der Waals surface area contributed by atoms with E-state index in [1.807, 2.05) is 24.3 Å². The molecule has 0 amide bonds. The summed E-state index contributed by atoms with van der Waals surface area (Å²) in [5.74, 6) is 3.82. The largest absolute Gasteiger partial charge is 0.481 e. The maximum absolute atomic E-state index is 11.0. The third-order valence-corrected chi connectivity index (χ3v) is 8.04. The van der Waals surface area contributed by atoms with Crippen molar-refractivity contribution >= 4 is 23.1 Å². The second-order valence-electron chi connectivity index (χ2n) is 9.79. The van der Waals surface area contributed by atoms with Gasteiger partial charge in [-0.05, 0) is 80.6 Å². The van der Waals surface area contributed by atoms with E-state index in [0.29, 0.717) is 35.6 Å². The van der Waals surface area contributed by atoms with Crippen LogP contribution < -0.4 is 5.32 Å². The summed E-state index contributed by atoms with van der Waals surface area (Å²) < 4.78 is 0. The molecule has 1 aromatic heterocycles. The maximum Gasteiger partial charge on any atom is 0.303 e. The van der Waals surface area contributed by atoms with Crippen molar-refractivity contribution in [1.82, 2.24) is 25.4 Å². The number of carboxylic acid groups (broad SMARTS) is 1. The first-order chi connectivity index (χ1) is 16.6. The van der Waals surface area contributed by atoms with Gasteiger partial charge in [0.25, 0.3) is 0 Å². The zero-order chi connectivity index (χ0) is 23.5. The monoisotopic (exact) mass is 481 g/mol. The van der Waals surface area contributed by atoms with Crippen molar-refractivity contribution in [2.45, 2.75) is 44.9 Å². The highest BCUT2D eigenvalue weighted by atomic mass is 35.5. The Labute approximate surface area is 205 Å². The summed E-state index contributed by atoms with van der Waals surface area (Å²) >= 11 is 6.29. The van der Waals surface area contributed by atoms with Crippen LogP contribution in [0.2, 0.25) is 5.02 Å². The van der Waals surface area contributed by atoms with Crippen LogP contribution in [-0.2, 0) is 4.79 Å². The highest BCUT2D eigenvalue weighted by Gasteiger charge is 2.31. The van der Waals surface area contributed by atoms with Gasteiger partial charge in [-0.3, -0.25) is 9.89 Å². The zero-order valence-corrected chi connectivity index (χ0v) is 20.1. The third kappa shape index (κ3) is 5.14. The quantitative estimate of drug-likeness (QED) is 0.540. The molecule has 5 rings (SSSR count). The number of piperidine rings is 1. The van der Waals surface area contributed by atoms with Crippen LogP contribution >= 0.6 is 11.6 Å². The van der Waals surface area contributed by atoms with Gasteiger partial charge < -0.3 is 15.3 Å². The van der Waals surface area contributed by atoms with Crippen LogP contribution in [0.3, 0.4) is 0 Å². The fourth-order valence-corrected chi connectivity index (χ4v) is 5.98. The lowest BCUT2D eigenvalue weighted by Crippen LogP contribution is -2.41. The van der Waals surface area contributed by atoms with Crippen LogP contribution in [0.5, 0.6) is 0 Å². The molecule has 0 atom stereocenters. The van der Waals surface area contributed by atoms with Crippen molar-refractivity contribution in [2.75, 3.05) is 19.6 Å². The topological polar surface area (TPSA) is 94.1 Å². The number of carbonyl (C=O) groups is 1. The molecule has 1 aromatic carbocycles. The first-order valence-electron chi connectivity index (χ1n) is 12.4. The smallest absolute Gasteiger partial charge is 0.303 e. The lowest BCUT2D eigenvalue weighted by atomic mass is 9.72. The van der Waals surface area contributed by atoms with Crippen molar-refractivity contribution in [3.63, 3.8) is 0 Å². The summed E-state index contributed by atoms with van der Waals surface area (Å²) in [6.07, 6.45) is 11.6. The van der Waals surface area contributed by atoms with Gasteiger partial charge in [-0.15, -0.1) is 0 Å². The molecule has 1 aliphatic carbocycles. The van der Waals surface area contributed by atoms with Gasteiger partial charge >= 0.3 is 5.97 Å². The number of aliphatic carboxylic acids is 1. The second-order valence-corrected chi connectivity index (χ2v) is 10.2. The highest BCUT2D eigenvalue weighted by Crippen LogP contribution is 2.39. The molecule has 3 N–H and O–H groups in total. The Hall–Kier alpha value is -2.80. The number of allylic oxidation sites excluding steroid dienone is 2. The molecule has 2 fully saturated rings. The van der Waals surface area contributed by atoms with Gasteiger partial charge in [0.2, 0.25) is 0 Å². The number of nitrogens with zero attached hydrogens (tertiary/aromatic N) is 3. The standard InChI is InChI=1S/C26H32ClN5O2/c27-22-4-2-1-3-21(22)26-29-25(30-31-26)20-9-10-23(28-16-20)32-13-11-19(12-14-32)18-7-5-17(6-8-18)15-24(33)34/h1-4,9-10,17-19,28H,5-8,11-16H2,(H,33,34)(H,29,30,31). The van der Waals surface area contributed by atoms with Crippen molar-refractivity contribution in [2.24, 2.45) is 17.8 Å². The average Bonchev–Trinajstić information content (AvgIpc) is 3.35. The third-order valence-electron chi connectivity index (χ3n) is 7.71. The van der Waals surface area contributed by atoms with Crippen LogP contribution in [0, 0.1) is 17.8 Å². The van der Waals surface area contributed by atoms with E-state index in [0.717, 1.165) is 48.9 Å². The first-order valence-corrected chi connectivity index (χ1v) is 12.7. The van der Waals surface area contributed by atoms with Crippen LogP contribution in [0.25, 0.3) is 17.0 Å². The van der Waals surface area contributed by atoms with Crippen LogP contribution in [0.4, 0.5) is 0 Å². The predicted molar refractivity (Wildman–Crippen MR) is 133 cm³/mol. The number of dihydropyridines is 1. The Bertz CT molecular complexity index is 1080. The first kappa shape index (κ1) is 23.0. The number of aromatic amines is 1. The molecule has 7 nitrogen and oxygen atoms in total. The zero-order valence-electron chi connectivity index (χ0n) is 19.3. The van der Waals surface area contributed by atoms with Gasteiger partial charge in [0.1, 0.15) is 5.82 Å². The summed E-state index contributed by atoms with van der Waals surface area (Å²) in [5, 5.41) is 20.7. The molecule has 0 radical (unpaired) electrons. The molecule has 2 aliphatic heterocycles. The van der Waals surface area contributed by atoms with Crippen LogP contribution in [0.1, 0.15) is 50.8 Å². The molecule has 0 unspecified atom stereocenters. The van der Waals surface area contributed by atoms with Gasteiger partial charge in [0.15, 0.2) is 11.6 Å². The van der Waals surface area contributed by atoms with Crippen molar-refractivity contribution < 1.29 is 9.90 Å². The second kappa shape index (κ2) is 10.2. The fraction of sp³-hybridized carbons (Fsp3) is 0.500. The Morgan fingerprint density at radius 1 is 1.06 bits per heavy atom. The van der Waals surface area contributed by atoms with Crippen LogP contribution in [0.15, 0.2) is 42.2 Å². The Morgan fingerprint density at radius 3 is 2.47 bits per heavy atom. The number of hydrogen-bond donors (Lipinski definition) is 3. The molecule has 1 saturated carbocycles. The molecule has 8 heteroatoms. The summed E-state index contributed by atoms with van der Waals surface area (Å²) in [5.41, 5.74) is 1.90. The molecule has 0 spiro atoms. The van der Waals surface area contributed by atoms with E-state index in [1.54, 1.807) is 0 Å². The number of benzene rings is 1. The van der Waals surface area contributed by atoms with E-state index in [4.69, 9.17) is 16.7 Å². The molecular weight excluding hydrogens is 450 g/mol. The Kier molecular flexibility index (Phi) is 6.90. The van der Waals surface area contributed by atoms with E-state index in [2.05, 4.69) is 37.6 Å². The lowest BCUT2D eigenvalue weighted by molar-refractivity contribution is -0.138. The minimum Gasteiger partial charge on any atom is -0.481 e. The minimum atomic E-state index is -0.647. The highest BCUT2D eigenvalue weighted by molar-refractivity contribution is 6.33. The number of H-pyrrole nitrogens is 1. The molecule has 3 heterocycles. The summed E-state index contributed by atoms with van der Waals surface area (Å²) in [6.45, 7) is 2.83. The summed E-state index contributed by atoms with van der Waals surface area (Å²) in [6, 6.07) is 7.62. The molecule has 1 saturated heterocycles. The number of likely N-dealkylation sites (tertiary alicyclic amines) is 1. The Balaban J connectivity index is 1.15. The SMILES string of the molecule is O=C(O)CC1CCC(C2CCN(C3=CC=C(c4n[nH]c(-c5ccccc5Cl)n4)CN3)CC2)CC1. The van der Waals surface area contributed by atoms with Gasteiger partial charge in [-0.25, -0.2) is 4.98 Å². The van der Waals surface area contributed by atoms with E-state index in [1.165, 1.54) is 31.5 Å². The van der Waals surface area contributed by atoms with Gasteiger partial charge in [0.05, 0.1) is 5.02 Å². The number of carboxylic acids is 1. The van der Waals surface area contributed by atoms with E-state index < -0.39 is 5.97 Å². The van der Waals surface area contributed by atoms with E-state index in [-0.39, 0.29) is 0 Å². The number of rotatable bonds is 6. The van der Waals surface area contributed by atoms with Crippen LogP contribution in [-0.4, -0.2) is 50.8 Å². The number of halogens is 1. The fourth-order valence-electron chi connectivity index (χ4n) is 5.76. The van der Waals surface area contributed by atoms with Gasteiger partial charge in [0, 0.05) is 37.2 Å². The molecule has 180 valence electrons. The average molecular weight is 482 g/mol. The molecular formula is C26H32ClN5O2.